The van der Waals surface area contributed by atoms with E-state index in [9.17, 15) is 25.2 Å². The first-order chi connectivity index (χ1) is 12.4. The fourth-order valence-corrected chi connectivity index (χ4v) is 2.74. The highest BCUT2D eigenvalue weighted by atomic mass is 16.7. The van der Waals surface area contributed by atoms with Crippen LogP contribution >= 0.6 is 0 Å². The number of carboxylic acids is 1. The molecular weight excluding hydrogens is 348 g/mol. The quantitative estimate of drug-likeness (QED) is 0.450. The molecule has 140 valence electrons. The molecule has 26 heavy (non-hydrogen) atoms. The summed E-state index contributed by atoms with van der Waals surface area (Å²) < 4.78 is 16.3. The lowest BCUT2D eigenvalue weighted by molar-refractivity contribution is -0.277. The monoisotopic (exact) mass is 366 g/mol. The minimum Gasteiger partial charge on any atom is -0.478 e. The molecule has 9 heteroatoms. The Labute approximate surface area is 147 Å². The van der Waals surface area contributed by atoms with Crippen molar-refractivity contribution >= 4 is 23.0 Å². The van der Waals surface area contributed by atoms with Gasteiger partial charge in [-0.05, 0) is 24.3 Å². The third-order valence-electron chi connectivity index (χ3n) is 4.10. The first-order valence-electron chi connectivity index (χ1n) is 7.80. The van der Waals surface area contributed by atoms with E-state index in [-0.39, 0.29) is 5.75 Å². The third kappa shape index (κ3) is 3.43. The minimum atomic E-state index is -1.59. The number of hydrogen-bond acceptors (Lipinski definition) is 8. The Bertz CT molecular complexity index is 810. The average Bonchev–Trinajstić information content (AvgIpc) is 3.10. The van der Waals surface area contributed by atoms with Gasteiger partial charge in [0, 0.05) is 11.6 Å². The van der Waals surface area contributed by atoms with Crippen LogP contribution in [0.3, 0.4) is 0 Å². The second kappa shape index (κ2) is 7.44. The molecule has 5 N–H and O–H groups in total. The number of carbonyl (C=O) groups is 1. The normalized spacial score (nSPS) is 29.3. The largest absolute Gasteiger partial charge is 0.478 e. The van der Waals surface area contributed by atoms with E-state index in [4.69, 9.17) is 19.0 Å². The molecule has 1 saturated heterocycles. The smallest absolute Gasteiger partial charge is 0.328 e. The SMILES string of the molecule is O=C(O)/C=C/c1ccc2occc2c1OC1O[C@H](CO)[C@@H](O)[C@H](O)[C@H]1O. The van der Waals surface area contributed by atoms with Gasteiger partial charge in [-0.1, -0.05) is 0 Å². The molecule has 2 heterocycles. The molecule has 1 aliphatic heterocycles. The van der Waals surface area contributed by atoms with Gasteiger partial charge in [-0.3, -0.25) is 0 Å². The van der Waals surface area contributed by atoms with Crippen molar-refractivity contribution in [2.24, 2.45) is 0 Å². The van der Waals surface area contributed by atoms with E-state index in [1.54, 1.807) is 18.2 Å². The summed E-state index contributed by atoms with van der Waals surface area (Å²) in [5.41, 5.74) is 0.829. The molecule has 2 aromatic rings. The van der Waals surface area contributed by atoms with Gasteiger partial charge in [-0.2, -0.15) is 0 Å². The second-order valence-corrected chi connectivity index (χ2v) is 5.80. The number of hydrogen-bond donors (Lipinski definition) is 5. The molecule has 0 radical (unpaired) electrons. The van der Waals surface area contributed by atoms with Crippen LogP contribution in [0.1, 0.15) is 5.56 Å². The molecule has 1 unspecified atom stereocenters. The van der Waals surface area contributed by atoms with Crippen molar-refractivity contribution in [3.05, 3.63) is 36.1 Å². The number of furan rings is 1. The maximum absolute atomic E-state index is 10.8. The van der Waals surface area contributed by atoms with Crippen molar-refractivity contribution in [1.82, 2.24) is 0 Å². The first kappa shape index (κ1) is 18.4. The Balaban J connectivity index is 1.97. The molecule has 5 atom stereocenters. The predicted molar refractivity (Wildman–Crippen MR) is 87.3 cm³/mol. The van der Waals surface area contributed by atoms with Crippen molar-refractivity contribution < 1.29 is 44.2 Å². The third-order valence-corrected chi connectivity index (χ3v) is 4.10. The molecule has 3 rings (SSSR count). The maximum atomic E-state index is 10.8. The van der Waals surface area contributed by atoms with Gasteiger partial charge in [0.1, 0.15) is 35.7 Å². The zero-order chi connectivity index (χ0) is 18.8. The predicted octanol–water partition coefficient (Wildman–Crippen LogP) is -0.291. The summed E-state index contributed by atoms with van der Waals surface area (Å²) in [6.45, 7) is -0.591. The maximum Gasteiger partial charge on any atom is 0.328 e. The molecule has 0 spiro atoms. The Hall–Kier alpha value is -2.43. The fraction of sp³-hybridized carbons (Fsp3) is 0.353. The molecular formula is C17H18O9. The number of carboxylic acid groups (broad SMARTS) is 1. The zero-order valence-corrected chi connectivity index (χ0v) is 13.4. The van der Waals surface area contributed by atoms with Crippen molar-refractivity contribution in [3.63, 3.8) is 0 Å². The lowest BCUT2D eigenvalue weighted by Gasteiger charge is -2.39. The molecule has 0 amide bonds. The molecule has 9 nitrogen and oxygen atoms in total. The van der Waals surface area contributed by atoms with Crippen LogP contribution in [0.25, 0.3) is 17.0 Å². The van der Waals surface area contributed by atoms with Crippen LogP contribution < -0.4 is 4.74 Å². The van der Waals surface area contributed by atoms with E-state index in [1.807, 2.05) is 0 Å². The molecule has 1 aliphatic rings. The number of aliphatic hydroxyl groups is 4. The van der Waals surface area contributed by atoms with E-state index in [0.29, 0.717) is 16.5 Å². The second-order valence-electron chi connectivity index (χ2n) is 5.80. The van der Waals surface area contributed by atoms with Crippen LogP contribution in [0.2, 0.25) is 0 Å². The van der Waals surface area contributed by atoms with Gasteiger partial charge in [0.25, 0.3) is 0 Å². The average molecular weight is 366 g/mol. The molecule has 1 fully saturated rings. The molecule has 1 aromatic carbocycles. The van der Waals surface area contributed by atoms with Crippen molar-refractivity contribution in [3.8, 4) is 5.75 Å². The summed E-state index contributed by atoms with van der Waals surface area (Å²) in [7, 11) is 0. The number of fused-ring (bicyclic) bond motifs is 1. The van der Waals surface area contributed by atoms with E-state index in [1.165, 1.54) is 12.3 Å². The van der Waals surface area contributed by atoms with Gasteiger partial charge in [0.2, 0.25) is 6.29 Å². The summed E-state index contributed by atoms with van der Waals surface area (Å²) in [6, 6.07) is 4.77. The summed E-state index contributed by atoms with van der Waals surface area (Å²) in [5.74, 6) is -0.992. The van der Waals surface area contributed by atoms with E-state index in [0.717, 1.165) is 6.08 Å². The van der Waals surface area contributed by atoms with Gasteiger partial charge < -0.3 is 39.4 Å². The minimum absolute atomic E-state index is 0.165. The summed E-state index contributed by atoms with van der Waals surface area (Å²) in [6.07, 6.45) is -3.59. The fourth-order valence-electron chi connectivity index (χ4n) is 2.74. The van der Waals surface area contributed by atoms with Crippen LogP contribution in [0.5, 0.6) is 5.75 Å². The lowest BCUT2D eigenvalue weighted by atomic mass is 9.99. The van der Waals surface area contributed by atoms with Gasteiger partial charge in [-0.25, -0.2) is 4.79 Å². The standard InChI is InChI=1S/C17H18O9/c18-7-11-13(21)14(22)15(23)17(25-11)26-16-8(2-4-12(19)20)1-3-10-9(16)5-6-24-10/h1-6,11,13-15,17-18,21-23H,7H2,(H,19,20)/b4-2+/t11-,13-,14+,15-,17?/m1/s1. The summed E-state index contributed by atoms with van der Waals surface area (Å²) >= 11 is 0. The number of ether oxygens (including phenoxy) is 2. The van der Waals surface area contributed by atoms with Gasteiger partial charge >= 0.3 is 5.97 Å². The molecule has 0 bridgehead atoms. The number of aliphatic carboxylic acids is 1. The topological polar surface area (TPSA) is 150 Å². The Morgan fingerprint density at radius 2 is 1.92 bits per heavy atom. The Morgan fingerprint density at radius 1 is 1.15 bits per heavy atom. The van der Waals surface area contributed by atoms with E-state index in [2.05, 4.69) is 0 Å². The number of benzene rings is 1. The number of aliphatic hydroxyl groups excluding tert-OH is 4. The highest BCUT2D eigenvalue weighted by Crippen LogP contribution is 2.34. The molecule has 1 aromatic heterocycles. The Kier molecular flexibility index (Phi) is 5.25. The summed E-state index contributed by atoms with van der Waals surface area (Å²) in [4.78, 5) is 10.8. The van der Waals surface area contributed by atoms with E-state index < -0.39 is 43.3 Å². The van der Waals surface area contributed by atoms with Crippen molar-refractivity contribution in [2.75, 3.05) is 6.61 Å². The Morgan fingerprint density at radius 3 is 2.62 bits per heavy atom. The summed E-state index contributed by atoms with van der Waals surface area (Å²) in [5, 5.41) is 48.5. The van der Waals surface area contributed by atoms with Crippen molar-refractivity contribution in [2.45, 2.75) is 30.7 Å². The number of rotatable bonds is 5. The van der Waals surface area contributed by atoms with Crippen LogP contribution in [-0.4, -0.2) is 68.8 Å². The van der Waals surface area contributed by atoms with Gasteiger partial charge in [-0.15, -0.1) is 0 Å². The molecule has 0 saturated carbocycles. The first-order valence-corrected chi connectivity index (χ1v) is 7.80. The lowest BCUT2D eigenvalue weighted by Crippen LogP contribution is -2.60. The van der Waals surface area contributed by atoms with Crippen LogP contribution in [0.4, 0.5) is 0 Å². The molecule has 0 aliphatic carbocycles. The van der Waals surface area contributed by atoms with E-state index >= 15 is 0 Å². The van der Waals surface area contributed by atoms with Gasteiger partial charge in [0.15, 0.2) is 0 Å². The highest BCUT2D eigenvalue weighted by molar-refractivity contribution is 5.91. The van der Waals surface area contributed by atoms with Gasteiger partial charge in [0.05, 0.1) is 18.3 Å². The van der Waals surface area contributed by atoms with Crippen LogP contribution in [0.15, 0.2) is 35.0 Å². The highest BCUT2D eigenvalue weighted by Gasteiger charge is 2.45. The zero-order valence-electron chi connectivity index (χ0n) is 13.4. The van der Waals surface area contributed by atoms with Crippen LogP contribution in [-0.2, 0) is 9.53 Å². The van der Waals surface area contributed by atoms with Crippen LogP contribution in [0, 0.1) is 0 Å². The van der Waals surface area contributed by atoms with Crippen molar-refractivity contribution in [1.29, 1.82) is 0 Å².